The highest BCUT2D eigenvalue weighted by molar-refractivity contribution is 9.10. The van der Waals surface area contributed by atoms with Crippen molar-refractivity contribution in [3.63, 3.8) is 0 Å². The van der Waals surface area contributed by atoms with Crippen molar-refractivity contribution in [3.8, 4) is 11.6 Å². The van der Waals surface area contributed by atoms with Gasteiger partial charge in [-0.05, 0) is 53.2 Å². The van der Waals surface area contributed by atoms with E-state index in [2.05, 4.69) is 25.3 Å². The SMILES string of the molecule is Cc1ccc(Br)c(Oc2cccc(S(C)(=O)=NC(=O)C(C)(C)C)c2)n1. The van der Waals surface area contributed by atoms with Gasteiger partial charge >= 0.3 is 0 Å². The highest BCUT2D eigenvalue weighted by Crippen LogP contribution is 2.29. The van der Waals surface area contributed by atoms with Crippen LogP contribution in [0.1, 0.15) is 26.5 Å². The number of pyridine rings is 1. The predicted molar refractivity (Wildman–Crippen MR) is 102 cm³/mol. The van der Waals surface area contributed by atoms with Crippen molar-refractivity contribution in [3.05, 3.63) is 46.6 Å². The second-order valence-corrected chi connectivity index (χ2v) is 9.88. The molecule has 1 amide bonds. The lowest BCUT2D eigenvalue weighted by Gasteiger charge is -2.14. The van der Waals surface area contributed by atoms with E-state index in [1.54, 1.807) is 45.0 Å². The summed E-state index contributed by atoms with van der Waals surface area (Å²) in [7, 11) is -2.86. The third kappa shape index (κ3) is 5.12. The normalized spacial score (nSPS) is 13.8. The maximum atomic E-state index is 12.9. The summed E-state index contributed by atoms with van der Waals surface area (Å²) < 4.78 is 23.3. The molecular formula is C18H21BrN2O3S. The molecule has 1 heterocycles. The van der Waals surface area contributed by atoms with Gasteiger partial charge in [-0.25, -0.2) is 9.19 Å². The molecule has 0 aliphatic rings. The van der Waals surface area contributed by atoms with Crippen LogP contribution in [-0.2, 0) is 14.5 Å². The van der Waals surface area contributed by atoms with Crippen molar-refractivity contribution in [1.82, 2.24) is 4.98 Å². The lowest BCUT2D eigenvalue weighted by molar-refractivity contribution is -0.124. The van der Waals surface area contributed by atoms with E-state index in [4.69, 9.17) is 4.74 Å². The minimum absolute atomic E-state index is 0.394. The number of rotatable bonds is 3. The molecule has 1 aromatic carbocycles. The Balaban J connectivity index is 2.39. The molecule has 0 aliphatic heterocycles. The number of benzene rings is 1. The topological polar surface area (TPSA) is 68.6 Å². The highest BCUT2D eigenvalue weighted by atomic mass is 79.9. The highest BCUT2D eigenvalue weighted by Gasteiger charge is 2.23. The van der Waals surface area contributed by atoms with E-state index in [1.165, 1.54) is 6.26 Å². The number of carbonyl (C=O) groups is 1. The Kier molecular flexibility index (Phi) is 5.68. The Hall–Kier alpha value is -1.73. The number of aromatic nitrogens is 1. The van der Waals surface area contributed by atoms with Crippen LogP contribution in [0.15, 0.2) is 50.1 Å². The Labute approximate surface area is 157 Å². The monoisotopic (exact) mass is 424 g/mol. The molecule has 0 aliphatic carbocycles. The first kappa shape index (κ1) is 19.6. The first-order valence-corrected chi connectivity index (χ1v) is 10.4. The minimum Gasteiger partial charge on any atom is -0.438 e. The molecule has 1 atom stereocenters. The average Bonchev–Trinajstić information content (AvgIpc) is 2.50. The van der Waals surface area contributed by atoms with E-state index < -0.39 is 21.1 Å². The fourth-order valence-electron chi connectivity index (χ4n) is 1.82. The quantitative estimate of drug-likeness (QED) is 0.696. The summed E-state index contributed by atoms with van der Waals surface area (Å²) in [5.74, 6) is 0.501. The van der Waals surface area contributed by atoms with E-state index in [0.717, 1.165) is 5.69 Å². The summed E-state index contributed by atoms with van der Waals surface area (Å²) in [6, 6.07) is 10.5. The van der Waals surface area contributed by atoms with Gasteiger partial charge in [0, 0.05) is 17.4 Å². The van der Waals surface area contributed by atoms with Gasteiger partial charge in [-0.15, -0.1) is 0 Å². The van der Waals surface area contributed by atoms with E-state index in [0.29, 0.717) is 21.0 Å². The number of nitrogens with zero attached hydrogens (tertiary/aromatic N) is 2. The predicted octanol–water partition coefficient (Wildman–Crippen LogP) is 4.97. The van der Waals surface area contributed by atoms with E-state index in [9.17, 15) is 9.00 Å². The van der Waals surface area contributed by atoms with E-state index in [-0.39, 0.29) is 0 Å². The first-order chi connectivity index (χ1) is 11.5. The summed E-state index contributed by atoms with van der Waals surface area (Å²) in [4.78, 5) is 16.9. The van der Waals surface area contributed by atoms with Gasteiger partial charge in [-0.2, -0.15) is 4.36 Å². The lowest BCUT2D eigenvalue weighted by Crippen LogP contribution is -2.19. The van der Waals surface area contributed by atoms with Crippen LogP contribution in [0.25, 0.3) is 0 Å². The molecule has 0 radical (unpaired) electrons. The summed E-state index contributed by atoms with van der Waals surface area (Å²) in [5.41, 5.74) is 0.141. The second kappa shape index (κ2) is 7.25. The van der Waals surface area contributed by atoms with Crippen molar-refractivity contribution in [2.75, 3.05) is 6.26 Å². The van der Waals surface area contributed by atoms with Gasteiger partial charge in [-0.1, -0.05) is 26.8 Å². The standard InChI is InChI=1S/C18H21BrN2O3S/c1-12-9-10-15(19)16(20-12)24-13-7-6-8-14(11-13)25(5,23)21-17(22)18(2,3)4/h6-11H,1-5H3. The van der Waals surface area contributed by atoms with Crippen molar-refractivity contribution < 1.29 is 13.7 Å². The van der Waals surface area contributed by atoms with Gasteiger partial charge in [0.25, 0.3) is 5.91 Å². The molecular weight excluding hydrogens is 404 g/mol. The number of hydrogen-bond donors (Lipinski definition) is 0. The van der Waals surface area contributed by atoms with Gasteiger partial charge in [0.2, 0.25) is 5.88 Å². The number of ether oxygens (including phenoxy) is 1. The van der Waals surface area contributed by atoms with Crippen LogP contribution in [0.5, 0.6) is 11.6 Å². The molecule has 1 aromatic heterocycles. The maximum absolute atomic E-state index is 12.9. The summed E-state index contributed by atoms with van der Waals surface area (Å²) in [6.45, 7) is 7.10. The lowest BCUT2D eigenvalue weighted by atomic mass is 9.96. The molecule has 0 saturated carbocycles. The first-order valence-electron chi connectivity index (χ1n) is 7.67. The van der Waals surface area contributed by atoms with Crippen molar-refractivity contribution in [2.24, 2.45) is 9.78 Å². The molecule has 2 aromatic rings. The summed E-state index contributed by atoms with van der Waals surface area (Å²) in [5, 5.41) is 0. The third-order valence-corrected chi connectivity index (χ3v) is 5.56. The zero-order chi connectivity index (χ0) is 18.8. The Bertz CT molecular complexity index is 926. The van der Waals surface area contributed by atoms with Crippen molar-refractivity contribution in [2.45, 2.75) is 32.6 Å². The van der Waals surface area contributed by atoms with Crippen LogP contribution in [0.2, 0.25) is 0 Å². The largest absolute Gasteiger partial charge is 0.438 e. The van der Waals surface area contributed by atoms with Gasteiger partial charge in [0.15, 0.2) is 0 Å². The number of hydrogen-bond acceptors (Lipinski definition) is 4. The molecule has 7 heteroatoms. The van der Waals surface area contributed by atoms with Crippen LogP contribution in [-0.4, -0.2) is 21.4 Å². The third-order valence-electron chi connectivity index (χ3n) is 3.31. The molecule has 0 bridgehead atoms. The van der Waals surface area contributed by atoms with Crippen LogP contribution in [0.4, 0.5) is 0 Å². The average molecular weight is 425 g/mol. The zero-order valence-electron chi connectivity index (χ0n) is 14.9. The molecule has 1 unspecified atom stereocenters. The fraction of sp³-hybridized carbons (Fsp3) is 0.333. The Morgan fingerprint density at radius 2 is 1.92 bits per heavy atom. The van der Waals surface area contributed by atoms with Crippen molar-refractivity contribution in [1.29, 1.82) is 0 Å². The van der Waals surface area contributed by atoms with Crippen LogP contribution in [0, 0.1) is 12.3 Å². The van der Waals surface area contributed by atoms with Crippen molar-refractivity contribution >= 4 is 31.6 Å². The minimum atomic E-state index is -2.86. The number of halogens is 1. The van der Waals surface area contributed by atoms with Gasteiger partial charge < -0.3 is 4.74 Å². The van der Waals surface area contributed by atoms with Gasteiger partial charge in [-0.3, -0.25) is 4.79 Å². The van der Waals surface area contributed by atoms with Crippen LogP contribution in [0.3, 0.4) is 0 Å². The molecule has 134 valence electrons. The number of aryl methyl sites for hydroxylation is 1. The Morgan fingerprint density at radius 3 is 2.56 bits per heavy atom. The van der Waals surface area contributed by atoms with Crippen LogP contribution < -0.4 is 4.74 Å². The van der Waals surface area contributed by atoms with E-state index >= 15 is 0 Å². The molecule has 0 N–H and O–H groups in total. The maximum Gasteiger partial charge on any atom is 0.259 e. The summed E-state index contributed by atoms with van der Waals surface area (Å²) >= 11 is 3.39. The summed E-state index contributed by atoms with van der Waals surface area (Å²) in [6.07, 6.45) is 1.45. The number of amides is 1. The smallest absolute Gasteiger partial charge is 0.259 e. The molecule has 25 heavy (non-hydrogen) atoms. The molecule has 2 rings (SSSR count). The molecule has 0 saturated heterocycles. The van der Waals surface area contributed by atoms with E-state index in [1.807, 2.05) is 19.1 Å². The molecule has 5 nitrogen and oxygen atoms in total. The fourth-order valence-corrected chi connectivity index (χ4v) is 3.48. The van der Waals surface area contributed by atoms with Gasteiger partial charge in [0.1, 0.15) is 5.75 Å². The Morgan fingerprint density at radius 1 is 1.24 bits per heavy atom. The molecule has 0 fully saturated rings. The molecule has 0 spiro atoms. The van der Waals surface area contributed by atoms with Crippen LogP contribution >= 0.6 is 15.9 Å². The van der Waals surface area contributed by atoms with Gasteiger partial charge in [0.05, 0.1) is 19.1 Å². The second-order valence-electron chi connectivity index (χ2n) is 6.77. The zero-order valence-corrected chi connectivity index (χ0v) is 17.3. The number of carbonyl (C=O) groups excluding carboxylic acids is 1.